The first kappa shape index (κ1) is 15.4. The highest BCUT2D eigenvalue weighted by Crippen LogP contribution is 2.24. The normalized spacial score (nSPS) is 13.1. The average Bonchev–Trinajstić information content (AvgIpc) is 2.43. The van der Waals surface area contributed by atoms with Gasteiger partial charge in [-0.2, -0.15) is 5.26 Å². The Morgan fingerprint density at radius 3 is 2.70 bits per heavy atom. The van der Waals surface area contributed by atoms with Gasteiger partial charge in [-0.15, -0.1) is 0 Å². The summed E-state index contributed by atoms with van der Waals surface area (Å²) < 4.78 is 0. The quantitative estimate of drug-likeness (QED) is 0.609. The summed E-state index contributed by atoms with van der Waals surface area (Å²) in [5.41, 5.74) is 0.127. The van der Waals surface area contributed by atoms with E-state index in [1.54, 1.807) is 6.92 Å². The number of nitrogens with zero attached hydrogens (tertiary/aromatic N) is 2. The predicted octanol–water partition coefficient (Wildman–Crippen LogP) is 2.38. The molecule has 0 heterocycles. The summed E-state index contributed by atoms with van der Waals surface area (Å²) >= 11 is 0. The van der Waals surface area contributed by atoms with Crippen molar-refractivity contribution in [2.45, 2.75) is 26.3 Å². The zero-order chi connectivity index (χ0) is 15.3. The molecule has 1 unspecified atom stereocenters. The lowest BCUT2D eigenvalue weighted by atomic mass is 9.98. The number of hydrogen-bond donors (Lipinski definition) is 2. The monoisotopic (exact) mass is 277 g/mol. The van der Waals surface area contributed by atoms with Gasteiger partial charge in [-0.1, -0.05) is 20.3 Å². The number of nitro groups is 1. The highest BCUT2D eigenvalue weighted by atomic mass is 16.6. The van der Waals surface area contributed by atoms with E-state index in [0.717, 1.165) is 6.07 Å². The first-order chi connectivity index (χ1) is 9.40. The Morgan fingerprint density at radius 2 is 2.25 bits per heavy atom. The third-order valence-corrected chi connectivity index (χ3v) is 3.12. The van der Waals surface area contributed by atoms with Crippen molar-refractivity contribution in [3.05, 3.63) is 33.9 Å². The molecular weight excluding hydrogens is 262 g/mol. The van der Waals surface area contributed by atoms with Crippen LogP contribution in [0.5, 0.6) is 0 Å². The predicted molar refractivity (Wildman–Crippen MR) is 72.3 cm³/mol. The number of rotatable bonds is 6. The number of non-ortho nitro benzene ring substituents is 1. The molecule has 0 aromatic heterocycles. The van der Waals surface area contributed by atoms with Crippen molar-refractivity contribution in [2.24, 2.45) is 5.92 Å². The van der Waals surface area contributed by atoms with Gasteiger partial charge in [-0.25, -0.2) is 4.79 Å². The minimum Gasteiger partial charge on any atom is -0.480 e. The molecule has 0 spiro atoms. The molecule has 2 atom stereocenters. The number of carbonyl (C=O) groups is 1. The molecule has 20 heavy (non-hydrogen) atoms. The summed E-state index contributed by atoms with van der Waals surface area (Å²) in [5.74, 6) is -1.17. The number of nitro benzene ring substituents is 1. The van der Waals surface area contributed by atoms with Crippen LogP contribution in [-0.2, 0) is 4.79 Å². The molecule has 1 aromatic rings. The molecular formula is C13H15N3O4. The minimum atomic E-state index is -1.03. The lowest BCUT2D eigenvalue weighted by molar-refractivity contribution is -0.384. The first-order valence-electron chi connectivity index (χ1n) is 6.08. The molecule has 0 aliphatic carbocycles. The van der Waals surface area contributed by atoms with Crippen molar-refractivity contribution in [3.8, 4) is 6.07 Å². The fourth-order valence-electron chi connectivity index (χ4n) is 1.71. The smallest absolute Gasteiger partial charge is 0.326 e. The number of nitrogens with one attached hydrogen (secondary N) is 1. The molecule has 1 aromatic carbocycles. The maximum absolute atomic E-state index is 11.2. The number of hydrogen-bond acceptors (Lipinski definition) is 5. The molecule has 2 N–H and O–H groups in total. The molecule has 0 radical (unpaired) electrons. The number of aliphatic carboxylic acids is 1. The van der Waals surface area contributed by atoms with E-state index in [1.165, 1.54) is 12.1 Å². The molecule has 7 heteroatoms. The topological polar surface area (TPSA) is 116 Å². The van der Waals surface area contributed by atoms with E-state index in [-0.39, 0.29) is 22.9 Å². The van der Waals surface area contributed by atoms with E-state index >= 15 is 0 Å². The summed E-state index contributed by atoms with van der Waals surface area (Å²) in [7, 11) is 0. The van der Waals surface area contributed by atoms with Crippen LogP contribution in [0.25, 0.3) is 0 Å². The zero-order valence-corrected chi connectivity index (χ0v) is 11.2. The van der Waals surface area contributed by atoms with E-state index in [2.05, 4.69) is 5.32 Å². The third-order valence-electron chi connectivity index (χ3n) is 3.12. The van der Waals surface area contributed by atoms with Crippen LogP contribution in [0.3, 0.4) is 0 Å². The molecule has 0 aliphatic rings. The van der Waals surface area contributed by atoms with Crippen molar-refractivity contribution < 1.29 is 14.8 Å². The van der Waals surface area contributed by atoms with Gasteiger partial charge in [0.25, 0.3) is 5.69 Å². The van der Waals surface area contributed by atoms with Crippen molar-refractivity contribution in [1.82, 2.24) is 0 Å². The Bertz CT molecular complexity index is 565. The van der Waals surface area contributed by atoms with Gasteiger partial charge in [0.1, 0.15) is 12.1 Å². The van der Waals surface area contributed by atoms with Gasteiger partial charge in [0, 0.05) is 12.1 Å². The van der Waals surface area contributed by atoms with Gasteiger partial charge in [-0.3, -0.25) is 10.1 Å². The fraction of sp³-hybridized carbons (Fsp3) is 0.385. The van der Waals surface area contributed by atoms with Crippen molar-refractivity contribution >= 4 is 17.3 Å². The first-order valence-corrected chi connectivity index (χ1v) is 6.08. The van der Waals surface area contributed by atoms with Gasteiger partial charge in [-0.05, 0) is 12.0 Å². The number of carboxylic acids is 1. The fourth-order valence-corrected chi connectivity index (χ4v) is 1.71. The lowest BCUT2D eigenvalue weighted by Crippen LogP contribution is -2.35. The summed E-state index contributed by atoms with van der Waals surface area (Å²) in [4.78, 5) is 21.3. The molecule has 0 saturated carbocycles. The van der Waals surface area contributed by atoms with Crippen molar-refractivity contribution in [3.63, 3.8) is 0 Å². The number of benzene rings is 1. The Labute approximate surface area is 116 Å². The standard InChI is InChI=1S/C13H15N3O4/c1-3-8(2)12(13(17)18)15-11-5-4-10(16(19)20)6-9(11)7-14/h4-6,8,12,15H,3H2,1-2H3,(H,17,18)/t8?,12-/m1/s1. The number of carboxylic acid groups (broad SMARTS) is 1. The summed E-state index contributed by atoms with van der Waals surface area (Å²) in [6.45, 7) is 3.65. The van der Waals surface area contributed by atoms with Crippen molar-refractivity contribution in [2.75, 3.05) is 5.32 Å². The van der Waals surface area contributed by atoms with E-state index in [9.17, 15) is 20.0 Å². The van der Waals surface area contributed by atoms with Crippen LogP contribution >= 0.6 is 0 Å². The third kappa shape index (κ3) is 3.45. The van der Waals surface area contributed by atoms with Crippen LogP contribution in [0.2, 0.25) is 0 Å². The van der Waals surface area contributed by atoms with Gasteiger partial charge in [0.15, 0.2) is 0 Å². The van der Waals surface area contributed by atoms with E-state index in [4.69, 9.17) is 5.26 Å². The average molecular weight is 277 g/mol. The molecule has 106 valence electrons. The summed E-state index contributed by atoms with van der Waals surface area (Å²) in [5, 5.41) is 31.6. The number of nitriles is 1. The molecule has 0 bridgehead atoms. The highest BCUT2D eigenvalue weighted by molar-refractivity contribution is 5.79. The van der Waals surface area contributed by atoms with Crippen LogP contribution in [-0.4, -0.2) is 22.0 Å². The maximum atomic E-state index is 11.2. The summed E-state index contributed by atoms with van der Waals surface area (Å²) in [6.07, 6.45) is 0.652. The molecule has 1 rings (SSSR count). The molecule has 0 fully saturated rings. The van der Waals surface area contributed by atoms with Gasteiger partial charge in [0.05, 0.1) is 16.2 Å². The molecule has 0 amide bonds. The lowest BCUT2D eigenvalue weighted by Gasteiger charge is -2.21. The summed E-state index contributed by atoms with van der Waals surface area (Å²) in [6, 6.07) is 4.69. The Morgan fingerprint density at radius 1 is 1.60 bits per heavy atom. The second kappa shape index (κ2) is 6.52. The van der Waals surface area contributed by atoms with Crippen molar-refractivity contribution in [1.29, 1.82) is 5.26 Å². The minimum absolute atomic E-state index is 0.0498. The Balaban J connectivity index is 3.11. The zero-order valence-electron chi connectivity index (χ0n) is 11.2. The van der Waals surface area contributed by atoms with E-state index in [0.29, 0.717) is 6.42 Å². The maximum Gasteiger partial charge on any atom is 0.326 e. The molecule has 0 aliphatic heterocycles. The second-order valence-corrected chi connectivity index (χ2v) is 4.44. The molecule has 0 saturated heterocycles. The van der Waals surface area contributed by atoms with Gasteiger partial charge < -0.3 is 10.4 Å². The number of anilines is 1. The Kier molecular flexibility index (Phi) is 5.03. The van der Waals surface area contributed by atoms with Gasteiger partial charge in [0.2, 0.25) is 0 Å². The van der Waals surface area contributed by atoms with Crippen LogP contribution < -0.4 is 5.32 Å². The largest absolute Gasteiger partial charge is 0.480 e. The van der Waals surface area contributed by atoms with Crippen LogP contribution in [0.15, 0.2) is 18.2 Å². The van der Waals surface area contributed by atoms with Crippen LogP contribution in [0.1, 0.15) is 25.8 Å². The van der Waals surface area contributed by atoms with Crippen LogP contribution in [0, 0.1) is 27.4 Å². The second-order valence-electron chi connectivity index (χ2n) is 4.44. The SMILES string of the molecule is CCC(C)[C@@H](Nc1ccc([N+](=O)[O-])cc1C#N)C(=O)O. The highest BCUT2D eigenvalue weighted by Gasteiger charge is 2.24. The van der Waals surface area contributed by atoms with E-state index in [1.807, 2.05) is 13.0 Å². The Hall–Kier alpha value is -2.62. The molecule has 7 nitrogen and oxygen atoms in total. The van der Waals surface area contributed by atoms with Crippen LogP contribution in [0.4, 0.5) is 11.4 Å². The van der Waals surface area contributed by atoms with E-state index < -0.39 is 16.9 Å². The van der Waals surface area contributed by atoms with Gasteiger partial charge >= 0.3 is 5.97 Å².